The molecule has 5 heteroatoms. The second-order valence-electron chi connectivity index (χ2n) is 3.99. The highest BCUT2D eigenvalue weighted by Crippen LogP contribution is 2.17. The lowest BCUT2D eigenvalue weighted by molar-refractivity contribution is 0.544. The summed E-state index contributed by atoms with van der Waals surface area (Å²) in [5.74, 6) is 0. The molecule has 1 N–H and O–H groups in total. The lowest BCUT2D eigenvalue weighted by Gasteiger charge is -2.13. The number of nitrogens with one attached hydrogen (secondary N) is 1. The van der Waals surface area contributed by atoms with Gasteiger partial charge in [0.2, 0.25) is 10.0 Å². The third-order valence-electron chi connectivity index (χ3n) is 2.45. The average molecular weight is 273 g/mol. The van der Waals surface area contributed by atoms with Crippen molar-refractivity contribution in [2.45, 2.75) is 42.5 Å². The van der Waals surface area contributed by atoms with Crippen LogP contribution < -0.4 is 4.72 Å². The molecule has 17 heavy (non-hydrogen) atoms. The van der Waals surface area contributed by atoms with E-state index in [1.54, 1.807) is 23.9 Å². The SMILES string of the molecule is CCC[C@@H](C)NS(=O)(=O)c1ccc(SC)cc1. The van der Waals surface area contributed by atoms with Gasteiger partial charge in [-0.3, -0.25) is 0 Å². The molecule has 0 spiro atoms. The van der Waals surface area contributed by atoms with Crippen LogP contribution in [0.2, 0.25) is 0 Å². The lowest BCUT2D eigenvalue weighted by atomic mass is 10.2. The Labute approximate surface area is 108 Å². The maximum absolute atomic E-state index is 12.0. The van der Waals surface area contributed by atoms with E-state index in [-0.39, 0.29) is 6.04 Å². The number of rotatable bonds is 6. The first-order chi connectivity index (χ1) is 7.99. The van der Waals surface area contributed by atoms with Crippen LogP contribution in [0.4, 0.5) is 0 Å². The number of thioether (sulfide) groups is 1. The number of sulfonamides is 1. The van der Waals surface area contributed by atoms with E-state index in [1.807, 2.05) is 32.2 Å². The molecule has 0 aliphatic heterocycles. The van der Waals surface area contributed by atoms with Gasteiger partial charge in [0.15, 0.2) is 0 Å². The van der Waals surface area contributed by atoms with Crippen molar-refractivity contribution in [3.05, 3.63) is 24.3 Å². The summed E-state index contributed by atoms with van der Waals surface area (Å²) in [7, 11) is -3.37. The van der Waals surface area contributed by atoms with Gasteiger partial charge in [0.1, 0.15) is 0 Å². The van der Waals surface area contributed by atoms with Crippen LogP contribution >= 0.6 is 11.8 Å². The highest BCUT2D eigenvalue weighted by molar-refractivity contribution is 7.98. The van der Waals surface area contributed by atoms with Crippen molar-refractivity contribution >= 4 is 21.8 Å². The van der Waals surface area contributed by atoms with Crippen LogP contribution in [-0.2, 0) is 10.0 Å². The Kier molecular flexibility index (Phi) is 5.49. The molecule has 0 bridgehead atoms. The summed E-state index contributed by atoms with van der Waals surface area (Å²) < 4.78 is 26.7. The Morgan fingerprint density at radius 2 is 1.88 bits per heavy atom. The van der Waals surface area contributed by atoms with Gasteiger partial charge in [-0.15, -0.1) is 11.8 Å². The van der Waals surface area contributed by atoms with Gasteiger partial charge < -0.3 is 0 Å². The van der Waals surface area contributed by atoms with Crippen molar-refractivity contribution in [2.75, 3.05) is 6.26 Å². The third kappa shape index (κ3) is 4.33. The molecule has 0 saturated carbocycles. The van der Waals surface area contributed by atoms with Gasteiger partial charge in [-0.1, -0.05) is 13.3 Å². The maximum Gasteiger partial charge on any atom is 0.240 e. The molecule has 96 valence electrons. The Hall–Kier alpha value is -0.520. The minimum absolute atomic E-state index is 0.0229. The second-order valence-corrected chi connectivity index (χ2v) is 6.58. The zero-order chi connectivity index (χ0) is 12.9. The topological polar surface area (TPSA) is 46.2 Å². The monoisotopic (exact) mass is 273 g/mol. The second kappa shape index (κ2) is 6.42. The zero-order valence-electron chi connectivity index (χ0n) is 10.4. The first-order valence-electron chi connectivity index (χ1n) is 5.66. The molecule has 3 nitrogen and oxygen atoms in total. The van der Waals surface area contributed by atoms with Crippen molar-refractivity contribution in [1.29, 1.82) is 0 Å². The summed E-state index contributed by atoms with van der Waals surface area (Å²) in [6.07, 6.45) is 3.78. The Bertz CT molecular complexity index is 440. The molecule has 0 aliphatic rings. The molecule has 0 radical (unpaired) electrons. The zero-order valence-corrected chi connectivity index (χ0v) is 12.1. The van der Waals surface area contributed by atoms with Crippen molar-refractivity contribution in [3.8, 4) is 0 Å². The number of hydrogen-bond acceptors (Lipinski definition) is 3. The predicted octanol–water partition coefficient (Wildman–Crippen LogP) is 2.88. The Morgan fingerprint density at radius 1 is 1.29 bits per heavy atom. The smallest absolute Gasteiger partial charge is 0.208 e. The van der Waals surface area contributed by atoms with Crippen LogP contribution in [0.1, 0.15) is 26.7 Å². The summed E-state index contributed by atoms with van der Waals surface area (Å²) >= 11 is 1.59. The Balaban J connectivity index is 2.82. The van der Waals surface area contributed by atoms with Crippen LogP contribution in [-0.4, -0.2) is 20.7 Å². The third-order valence-corrected chi connectivity index (χ3v) is 4.80. The fourth-order valence-corrected chi connectivity index (χ4v) is 3.27. The first kappa shape index (κ1) is 14.5. The molecule has 0 heterocycles. The standard InChI is InChI=1S/C12H19NO2S2/c1-4-5-10(2)13-17(14,15)12-8-6-11(16-3)7-9-12/h6-10,13H,4-5H2,1-3H3/t10-/m1/s1. The quantitative estimate of drug-likeness (QED) is 0.811. The van der Waals surface area contributed by atoms with Crippen LogP contribution in [0.3, 0.4) is 0 Å². The van der Waals surface area contributed by atoms with Crippen molar-refractivity contribution in [3.63, 3.8) is 0 Å². The van der Waals surface area contributed by atoms with E-state index < -0.39 is 10.0 Å². The molecular formula is C12H19NO2S2. The first-order valence-corrected chi connectivity index (χ1v) is 8.36. The van der Waals surface area contributed by atoms with Gasteiger partial charge in [0, 0.05) is 10.9 Å². The van der Waals surface area contributed by atoms with Gasteiger partial charge in [-0.2, -0.15) is 0 Å². The molecular weight excluding hydrogens is 254 g/mol. The number of benzene rings is 1. The Morgan fingerprint density at radius 3 is 2.35 bits per heavy atom. The normalized spacial score (nSPS) is 13.6. The summed E-state index contributed by atoms with van der Waals surface area (Å²) in [6, 6.07) is 6.91. The fraction of sp³-hybridized carbons (Fsp3) is 0.500. The largest absolute Gasteiger partial charge is 0.240 e. The van der Waals surface area contributed by atoms with E-state index in [9.17, 15) is 8.42 Å². The van der Waals surface area contributed by atoms with E-state index >= 15 is 0 Å². The van der Waals surface area contributed by atoms with E-state index in [0.717, 1.165) is 17.7 Å². The highest BCUT2D eigenvalue weighted by atomic mass is 32.2. The minimum atomic E-state index is -3.37. The summed E-state index contributed by atoms with van der Waals surface area (Å²) in [6.45, 7) is 3.93. The fourth-order valence-electron chi connectivity index (χ4n) is 1.58. The van der Waals surface area contributed by atoms with Gasteiger partial charge >= 0.3 is 0 Å². The molecule has 1 aromatic carbocycles. The molecule has 1 rings (SSSR count). The van der Waals surface area contributed by atoms with E-state index in [0.29, 0.717) is 4.90 Å². The van der Waals surface area contributed by atoms with Crippen LogP contribution in [0.5, 0.6) is 0 Å². The molecule has 0 aromatic heterocycles. The van der Waals surface area contributed by atoms with E-state index in [4.69, 9.17) is 0 Å². The van der Waals surface area contributed by atoms with Crippen molar-refractivity contribution in [2.24, 2.45) is 0 Å². The number of hydrogen-bond donors (Lipinski definition) is 1. The van der Waals surface area contributed by atoms with Gasteiger partial charge in [0.25, 0.3) is 0 Å². The molecule has 0 saturated heterocycles. The van der Waals surface area contributed by atoms with E-state index in [1.165, 1.54) is 0 Å². The van der Waals surface area contributed by atoms with E-state index in [2.05, 4.69) is 4.72 Å². The molecule has 0 fully saturated rings. The molecule has 0 aliphatic carbocycles. The minimum Gasteiger partial charge on any atom is -0.208 e. The summed E-state index contributed by atoms with van der Waals surface area (Å²) in [5.41, 5.74) is 0. The lowest BCUT2D eigenvalue weighted by Crippen LogP contribution is -2.32. The maximum atomic E-state index is 12.0. The molecule has 0 unspecified atom stereocenters. The van der Waals surface area contributed by atoms with Crippen LogP contribution in [0.15, 0.2) is 34.1 Å². The van der Waals surface area contributed by atoms with Crippen LogP contribution in [0, 0.1) is 0 Å². The highest BCUT2D eigenvalue weighted by Gasteiger charge is 2.16. The summed E-state index contributed by atoms with van der Waals surface area (Å²) in [4.78, 5) is 1.39. The van der Waals surface area contributed by atoms with Crippen molar-refractivity contribution < 1.29 is 8.42 Å². The van der Waals surface area contributed by atoms with Crippen molar-refractivity contribution in [1.82, 2.24) is 4.72 Å². The molecule has 1 atom stereocenters. The van der Waals surface area contributed by atoms with Gasteiger partial charge in [-0.05, 0) is 43.9 Å². The molecule has 1 aromatic rings. The average Bonchev–Trinajstić information content (AvgIpc) is 2.28. The summed E-state index contributed by atoms with van der Waals surface area (Å²) in [5, 5.41) is 0. The molecule has 0 amide bonds. The van der Waals surface area contributed by atoms with Crippen LogP contribution in [0.25, 0.3) is 0 Å². The predicted molar refractivity (Wildman–Crippen MR) is 72.9 cm³/mol. The van der Waals surface area contributed by atoms with Gasteiger partial charge in [-0.25, -0.2) is 13.1 Å². The van der Waals surface area contributed by atoms with Gasteiger partial charge in [0.05, 0.1) is 4.90 Å².